The molecule has 138 valence electrons. The number of rotatable bonds is 6. The summed E-state index contributed by atoms with van der Waals surface area (Å²) in [5, 5.41) is 3.28. The molecule has 1 amide bonds. The van der Waals surface area contributed by atoms with Crippen molar-refractivity contribution in [1.82, 2.24) is 5.32 Å². The molecule has 2 aromatic carbocycles. The molecule has 0 saturated carbocycles. The molecule has 0 aliphatic rings. The van der Waals surface area contributed by atoms with Gasteiger partial charge in [-0.15, -0.1) is 0 Å². The Balaban J connectivity index is 1.97. The van der Waals surface area contributed by atoms with Gasteiger partial charge >= 0.3 is 5.97 Å². The van der Waals surface area contributed by atoms with Gasteiger partial charge < -0.3 is 10.1 Å². The Morgan fingerprint density at radius 3 is 2.35 bits per heavy atom. The van der Waals surface area contributed by atoms with Gasteiger partial charge in [0.1, 0.15) is 0 Å². The van der Waals surface area contributed by atoms with Crippen molar-refractivity contribution in [3.63, 3.8) is 0 Å². The van der Waals surface area contributed by atoms with Crippen LogP contribution in [0.5, 0.6) is 0 Å². The highest BCUT2D eigenvalue weighted by Gasteiger charge is 2.20. The molecule has 0 bridgehead atoms. The smallest absolute Gasteiger partial charge is 0.339 e. The van der Waals surface area contributed by atoms with Gasteiger partial charge in [0.15, 0.2) is 16.4 Å². The number of amides is 1. The zero-order chi connectivity index (χ0) is 19.3. The molecule has 0 aliphatic heterocycles. The van der Waals surface area contributed by atoms with E-state index in [4.69, 9.17) is 16.3 Å². The molecule has 0 spiro atoms. The maximum absolute atomic E-state index is 12.1. The number of halogens is 1. The average molecular weight is 396 g/mol. The van der Waals surface area contributed by atoms with Crippen molar-refractivity contribution < 1.29 is 22.7 Å². The standard InChI is InChI=1S/C18H18ClNO5S/c1-12(13-7-9-14(19)10-8-13)20-17(21)11-25-18(22)15-5-3-4-6-16(15)26(2,23)24/h3-10,12H,11H2,1-2H3,(H,20,21)/t12-/m0/s1. The number of sulfone groups is 1. The molecule has 0 heterocycles. The lowest BCUT2D eigenvalue weighted by Crippen LogP contribution is -2.31. The van der Waals surface area contributed by atoms with E-state index < -0.39 is 28.3 Å². The summed E-state index contributed by atoms with van der Waals surface area (Å²) in [6.07, 6.45) is 1.000. The lowest BCUT2D eigenvalue weighted by Gasteiger charge is -2.14. The van der Waals surface area contributed by atoms with Crippen LogP contribution < -0.4 is 5.32 Å². The predicted molar refractivity (Wildman–Crippen MR) is 97.8 cm³/mol. The molecular formula is C18H18ClNO5S. The first-order valence-corrected chi connectivity index (χ1v) is 9.96. The summed E-state index contributed by atoms with van der Waals surface area (Å²) in [7, 11) is -3.59. The van der Waals surface area contributed by atoms with E-state index >= 15 is 0 Å². The van der Waals surface area contributed by atoms with Crippen LogP contribution in [0.3, 0.4) is 0 Å². The molecule has 1 N–H and O–H groups in total. The summed E-state index contributed by atoms with van der Waals surface area (Å²) >= 11 is 5.82. The largest absolute Gasteiger partial charge is 0.452 e. The van der Waals surface area contributed by atoms with Crippen molar-refractivity contribution >= 4 is 33.3 Å². The fourth-order valence-electron chi connectivity index (χ4n) is 2.29. The van der Waals surface area contributed by atoms with E-state index in [9.17, 15) is 18.0 Å². The van der Waals surface area contributed by atoms with Crippen LogP contribution >= 0.6 is 11.6 Å². The molecule has 2 aromatic rings. The first-order chi connectivity index (χ1) is 12.2. The second kappa shape index (κ2) is 8.33. The highest BCUT2D eigenvalue weighted by Crippen LogP contribution is 2.17. The first kappa shape index (κ1) is 19.9. The molecule has 6 nitrogen and oxygen atoms in total. The predicted octanol–water partition coefficient (Wildman–Crippen LogP) is 2.78. The van der Waals surface area contributed by atoms with Gasteiger partial charge in [0.2, 0.25) is 0 Å². The summed E-state index contributed by atoms with van der Waals surface area (Å²) in [5.41, 5.74) is 0.741. The molecule has 26 heavy (non-hydrogen) atoms. The second-order valence-electron chi connectivity index (χ2n) is 5.69. The van der Waals surface area contributed by atoms with Crippen LogP contribution in [0.25, 0.3) is 0 Å². The number of carbonyl (C=O) groups excluding carboxylic acids is 2. The lowest BCUT2D eigenvalue weighted by molar-refractivity contribution is -0.124. The fraction of sp³-hybridized carbons (Fsp3) is 0.222. The monoisotopic (exact) mass is 395 g/mol. The van der Waals surface area contributed by atoms with Crippen LogP contribution in [-0.2, 0) is 19.4 Å². The molecule has 8 heteroatoms. The third-order valence-electron chi connectivity index (χ3n) is 3.59. The van der Waals surface area contributed by atoms with Crippen LogP contribution in [0, 0.1) is 0 Å². The SMILES string of the molecule is C[C@H](NC(=O)COC(=O)c1ccccc1S(C)(=O)=O)c1ccc(Cl)cc1. The van der Waals surface area contributed by atoms with E-state index in [2.05, 4.69) is 5.32 Å². The minimum atomic E-state index is -3.59. The molecule has 0 aromatic heterocycles. The van der Waals surface area contributed by atoms with Crippen LogP contribution in [0.1, 0.15) is 28.9 Å². The van der Waals surface area contributed by atoms with E-state index in [1.165, 1.54) is 24.3 Å². The molecule has 0 fully saturated rings. The van der Waals surface area contributed by atoms with Gasteiger partial charge in [-0.3, -0.25) is 4.79 Å². The molecule has 2 rings (SSSR count). The Labute approximate surface area is 157 Å². The highest BCUT2D eigenvalue weighted by molar-refractivity contribution is 7.90. The van der Waals surface area contributed by atoms with Crippen molar-refractivity contribution in [2.75, 3.05) is 12.9 Å². The molecule has 0 saturated heterocycles. The fourth-order valence-corrected chi connectivity index (χ4v) is 3.29. The number of hydrogen-bond acceptors (Lipinski definition) is 5. The van der Waals surface area contributed by atoms with E-state index in [0.717, 1.165) is 11.8 Å². The van der Waals surface area contributed by atoms with Crippen LogP contribution in [0.2, 0.25) is 5.02 Å². The lowest BCUT2D eigenvalue weighted by atomic mass is 10.1. The average Bonchev–Trinajstić information content (AvgIpc) is 2.59. The topological polar surface area (TPSA) is 89.5 Å². The number of benzene rings is 2. The van der Waals surface area contributed by atoms with Crippen molar-refractivity contribution in [3.05, 3.63) is 64.7 Å². The summed E-state index contributed by atoms with van der Waals surface area (Å²) < 4.78 is 28.4. The zero-order valence-corrected chi connectivity index (χ0v) is 15.8. The number of ether oxygens (including phenoxy) is 1. The normalized spacial score (nSPS) is 12.3. The number of hydrogen-bond donors (Lipinski definition) is 1. The van der Waals surface area contributed by atoms with Crippen LogP contribution in [0.15, 0.2) is 53.4 Å². The van der Waals surface area contributed by atoms with E-state index in [0.29, 0.717) is 5.02 Å². The Kier molecular flexibility index (Phi) is 6.39. The molecule has 1 atom stereocenters. The quantitative estimate of drug-likeness (QED) is 0.759. The number of esters is 1. The maximum atomic E-state index is 12.1. The van der Waals surface area contributed by atoms with Gasteiger partial charge in [0, 0.05) is 11.3 Å². The van der Waals surface area contributed by atoms with Crippen molar-refractivity contribution in [3.8, 4) is 0 Å². The minimum absolute atomic E-state index is 0.103. The van der Waals surface area contributed by atoms with Crippen LogP contribution in [-0.4, -0.2) is 33.2 Å². The van der Waals surface area contributed by atoms with Gasteiger partial charge in [-0.1, -0.05) is 35.9 Å². The molecule has 0 radical (unpaired) electrons. The third kappa shape index (κ3) is 5.31. The summed E-state index contributed by atoms with van der Waals surface area (Å²) in [6.45, 7) is 1.26. The zero-order valence-electron chi connectivity index (χ0n) is 14.2. The Hall–Kier alpha value is -2.38. The van der Waals surface area contributed by atoms with E-state index in [-0.39, 0.29) is 16.5 Å². The third-order valence-corrected chi connectivity index (χ3v) is 5.00. The van der Waals surface area contributed by atoms with Crippen LogP contribution in [0.4, 0.5) is 0 Å². The molecule has 0 unspecified atom stereocenters. The summed E-state index contributed by atoms with van der Waals surface area (Å²) in [4.78, 5) is 24.0. The van der Waals surface area contributed by atoms with Gasteiger partial charge in [0.25, 0.3) is 5.91 Å². The van der Waals surface area contributed by atoms with Crippen molar-refractivity contribution in [2.24, 2.45) is 0 Å². The summed E-state index contributed by atoms with van der Waals surface area (Å²) in [5.74, 6) is -1.38. The molecular weight excluding hydrogens is 378 g/mol. The van der Waals surface area contributed by atoms with Gasteiger partial charge in [0.05, 0.1) is 16.5 Å². The minimum Gasteiger partial charge on any atom is -0.452 e. The van der Waals surface area contributed by atoms with Crippen molar-refractivity contribution in [1.29, 1.82) is 0 Å². The van der Waals surface area contributed by atoms with Gasteiger partial charge in [-0.25, -0.2) is 13.2 Å². The Bertz CT molecular complexity index is 909. The molecule has 0 aliphatic carbocycles. The number of carbonyl (C=O) groups is 2. The second-order valence-corrected chi connectivity index (χ2v) is 8.11. The van der Waals surface area contributed by atoms with E-state index in [1.54, 1.807) is 31.2 Å². The summed E-state index contributed by atoms with van der Waals surface area (Å²) in [6, 6.07) is 12.4. The Morgan fingerprint density at radius 1 is 1.12 bits per heavy atom. The first-order valence-electron chi connectivity index (χ1n) is 7.69. The van der Waals surface area contributed by atoms with Crippen molar-refractivity contribution in [2.45, 2.75) is 17.9 Å². The van der Waals surface area contributed by atoms with Gasteiger partial charge in [-0.05, 0) is 36.8 Å². The van der Waals surface area contributed by atoms with E-state index in [1.807, 2.05) is 0 Å². The van der Waals surface area contributed by atoms with Gasteiger partial charge in [-0.2, -0.15) is 0 Å². The number of nitrogens with one attached hydrogen (secondary N) is 1. The Morgan fingerprint density at radius 2 is 1.73 bits per heavy atom. The maximum Gasteiger partial charge on any atom is 0.339 e. The highest BCUT2D eigenvalue weighted by atomic mass is 35.5.